The van der Waals surface area contributed by atoms with Crippen LogP contribution in [0.25, 0.3) is 0 Å². The average Bonchev–Trinajstić information content (AvgIpc) is 2.66. The van der Waals surface area contributed by atoms with Gasteiger partial charge in [-0.2, -0.15) is 0 Å². The van der Waals surface area contributed by atoms with Crippen LogP contribution in [0.3, 0.4) is 0 Å². The number of fused-ring (bicyclic) bond motifs is 1. The quantitative estimate of drug-likeness (QED) is 0.825. The van der Waals surface area contributed by atoms with Gasteiger partial charge in [0.2, 0.25) is 0 Å². The largest absolute Gasteiger partial charge is 0.367 e. The van der Waals surface area contributed by atoms with E-state index in [1.165, 1.54) is 0 Å². The van der Waals surface area contributed by atoms with E-state index in [9.17, 15) is 9.59 Å². The van der Waals surface area contributed by atoms with Gasteiger partial charge in [0.05, 0.1) is 16.9 Å². The molecule has 2 rings (SSSR count). The van der Waals surface area contributed by atoms with Crippen molar-refractivity contribution in [3.8, 4) is 0 Å². The molecule has 0 saturated carbocycles. The summed E-state index contributed by atoms with van der Waals surface area (Å²) in [5.41, 5.74) is 2.02. The fourth-order valence-corrected chi connectivity index (χ4v) is 3.29. The Kier molecular flexibility index (Phi) is 4.68. The Morgan fingerprint density at radius 1 is 1.29 bits per heavy atom. The summed E-state index contributed by atoms with van der Waals surface area (Å²) in [5.74, 6) is -1.03. The summed E-state index contributed by atoms with van der Waals surface area (Å²) in [6, 6.07) is 3.92. The van der Waals surface area contributed by atoms with Gasteiger partial charge in [0.25, 0.3) is 11.7 Å². The van der Waals surface area contributed by atoms with E-state index in [0.29, 0.717) is 17.3 Å². The van der Waals surface area contributed by atoms with E-state index in [4.69, 9.17) is 0 Å². The van der Waals surface area contributed by atoms with Crippen LogP contribution in [0.5, 0.6) is 0 Å². The summed E-state index contributed by atoms with van der Waals surface area (Å²) >= 11 is 3.53. The molecule has 114 valence electrons. The van der Waals surface area contributed by atoms with Crippen molar-refractivity contribution >= 4 is 39.0 Å². The Balaban J connectivity index is 2.38. The van der Waals surface area contributed by atoms with Gasteiger partial charge in [0.1, 0.15) is 0 Å². The van der Waals surface area contributed by atoms with E-state index in [1.807, 2.05) is 20.2 Å². The first-order chi connectivity index (χ1) is 9.85. The maximum atomic E-state index is 11.7. The first-order valence-electron chi connectivity index (χ1n) is 6.95. The SMILES string of the molecule is CCN(c1cc2c(cc1Br)C(=O)C(=O)N2)C(C)CN(C)C. The van der Waals surface area contributed by atoms with Gasteiger partial charge in [-0.05, 0) is 56.0 Å². The van der Waals surface area contributed by atoms with Gasteiger partial charge in [-0.1, -0.05) is 0 Å². The molecule has 6 heteroatoms. The van der Waals surface area contributed by atoms with Gasteiger partial charge in [0, 0.05) is 23.6 Å². The van der Waals surface area contributed by atoms with Crippen LogP contribution in [-0.2, 0) is 4.79 Å². The van der Waals surface area contributed by atoms with Crippen LogP contribution in [-0.4, -0.2) is 49.8 Å². The molecule has 21 heavy (non-hydrogen) atoms. The number of amides is 1. The molecule has 0 spiro atoms. The number of halogens is 1. The molecule has 1 atom stereocenters. The number of likely N-dealkylation sites (N-methyl/N-ethyl adjacent to an activating group) is 2. The zero-order valence-electron chi connectivity index (χ0n) is 12.7. The third-order valence-electron chi connectivity index (χ3n) is 3.60. The van der Waals surface area contributed by atoms with Crippen molar-refractivity contribution < 1.29 is 9.59 Å². The number of ketones is 1. The minimum atomic E-state index is -0.557. The number of hydrogen-bond donors (Lipinski definition) is 1. The smallest absolute Gasteiger partial charge is 0.296 e. The van der Waals surface area contributed by atoms with E-state index >= 15 is 0 Å². The predicted molar refractivity (Wildman–Crippen MR) is 88.1 cm³/mol. The van der Waals surface area contributed by atoms with Crippen molar-refractivity contribution in [2.24, 2.45) is 0 Å². The molecule has 0 fully saturated rings. The molecule has 1 aromatic rings. The molecule has 1 heterocycles. The van der Waals surface area contributed by atoms with Gasteiger partial charge in [-0.25, -0.2) is 0 Å². The fraction of sp³-hybridized carbons (Fsp3) is 0.467. The maximum absolute atomic E-state index is 11.7. The Morgan fingerprint density at radius 3 is 2.52 bits per heavy atom. The zero-order chi connectivity index (χ0) is 15.7. The highest BCUT2D eigenvalue weighted by atomic mass is 79.9. The normalized spacial score (nSPS) is 15.1. The molecule has 1 amide bonds. The van der Waals surface area contributed by atoms with E-state index in [1.54, 1.807) is 6.07 Å². The molecular weight excluding hydrogens is 334 g/mol. The molecule has 0 aromatic heterocycles. The van der Waals surface area contributed by atoms with Gasteiger partial charge < -0.3 is 15.1 Å². The molecule has 1 aliphatic heterocycles. The summed E-state index contributed by atoms with van der Waals surface area (Å²) in [6.45, 7) is 6.01. The fourth-order valence-electron chi connectivity index (χ4n) is 2.72. The second kappa shape index (κ2) is 6.15. The third kappa shape index (κ3) is 3.11. The third-order valence-corrected chi connectivity index (χ3v) is 4.23. The van der Waals surface area contributed by atoms with Crippen molar-refractivity contribution in [1.29, 1.82) is 0 Å². The minimum Gasteiger partial charge on any atom is -0.367 e. The summed E-state index contributed by atoms with van der Waals surface area (Å²) in [4.78, 5) is 27.6. The Morgan fingerprint density at radius 2 is 1.95 bits per heavy atom. The first kappa shape index (κ1) is 16.0. The summed E-state index contributed by atoms with van der Waals surface area (Å²) in [7, 11) is 4.09. The number of nitrogens with zero attached hydrogens (tertiary/aromatic N) is 2. The number of carbonyl (C=O) groups is 2. The van der Waals surface area contributed by atoms with Crippen LogP contribution >= 0.6 is 15.9 Å². The Labute approximate surface area is 133 Å². The monoisotopic (exact) mass is 353 g/mol. The van der Waals surface area contributed by atoms with Gasteiger partial charge in [0.15, 0.2) is 0 Å². The van der Waals surface area contributed by atoms with E-state index < -0.39 is 11.7 Å². The van der Waals surface area contributed by atoms with E-state index in [2.05, 4.69) is 44.9 Å². The standard InChI is InChI=1S/C15H20BrN3O2/c1-5-19(9(2)8-18(3)4)13-7-12-10(6-11(13)16)14(20)15(21)17-12/h6-7,9H,5,8H2,1-4H3,(H,17,20,21). The first-order valence-corrected chi connectivity index (χ1v) is 7.75. The van der Waals surface area contributed by atoms with Crippen LogP contribution < -0.4 is 10.2 Å². The molecule has 1 unspecified atom stereocenters. The number of benzene rings is 1. The van der Waals surface area contributed by atoms with Gasteiger partial charge >= 0.3 is 0 Å². The summed E-state index contributed by atoms with van der Waals surface area (Å²) < 4.78 is 0.832. The van der Waals surface area contributed by atoms with Crippen LogP contribution in [0.4, 0.5) is 11.4 Å². The van der Waals surface area contributed by atoms with Gasteiger partial charge in [-0.3, -0.25) is 9.59 Å². The highest BCUT2D eigenvalue weighted by molar-refractivity contribution is 9.10. The Bertz CT molecular complexity index is 587. The van der Waals surface area contributed by atoms with Crippen molar-refractivity contribution in [1.82, 2.24) is 4.90 Å². The number of nitrogens with one attached hydrogen (secondary N) is 1. The lowest BCUT2D eigenvalue weighted by atomic mass is 10.1. The topological polar surface area (TPSA) is 52.7 Å². The summed E-state index contributed by atoms with van der Waals surface area (Å²) in [6.07, 6.45) is 0. The van der Waals surface area contributed by atoms with E-state index in [0.717, 1.165) is 23.2 Å². The molecular formula is C15H20BrN3O2. The molecule has 0 saturated heterocycles. The van der Waals surface area contributed by atoms with Crippen molar-refractivity contribution in [2.45, 2.75) is 19.9 Å². The van der Waals surface area contributed by atoms with Crippen LogP contribution in [0.2, 0.25) is 0 Å². The number of rotatable bonds is 5. The molecule has 0 radical (unpaired) electrons. The highest BCUT2D eigenvalue weighted by Crippen LogP contribution is 2.36. The average molecular weight is 354 g/mol. The van der Waals surface area contributed by atoms with Crippen LogP contribution in [0, 0.1) is 0 Å². The molecule has 1 aliphatic rings. The predicted octanol–water partition coefficient (Wildman–Crippen LogP) is 2.36. The summed E-state index contributed by atoms with van der Waals surface area (Å²) in [5, 5.41) is 2.63. The molecule has 5 nitrogen and oxygen atoms in total. The lowest BCUT2D eigenvalue weighted by Crippen LogP contribution is -2.40. The second-order valence-electron chi connectivity index (χ2n) is 5.53. The molecule has 1 N–H and O–H groups in total. The zero-order valence-corrected chi connectivity index (χ0v) is 14.3. The van der Waals surface area contributed by atoms with Crippen LogP contribution in [0.1, 0.15) is 24.2 Å². The van der Waals surface area contributed by atoms with Crippen molar-refractivity contribution in [2.75, 3.05) is 37.4 Å². The molecule has 0 aliphatic carbocycles. The van der Waals surface area contributed by atoms with Crippen molar-refractivity contribution in [3.05, 3.63) is 22.2 Å². The van der Waals surface area contributed by atoms with Crippen molar-refractivity contribution in [3.63, 3.8) is 0 Å². The lowest BCUT2D eigenvalue weighted by molar-refractivity contribution is -0.112. The minimum absolute atomic E-state index is 0.312. The van der Waals surface area contributed by atoms with Crippen LogP contribution in [0.15, 0.2) is 16.6 Å². The Hall–Kier alpha value is -1.40. The van der Waals surface area contributed by atoms with E-state index in [-0.39, 0.29) is 0 Å². The number of anilines is 2. The highest BCUT2D eigenvalue weighted by Gasteiger charge is 2.30. The number of Topliss-reactive ketones (excluding diaryl/α,β-unsaturated/α-hetero) is 1. The number of hydrogen-bond acceptors (Lipinski definition) is 4. The number of carbonyl (C=O) groups excluding carboxylic acids is 2. The van der Waals surface area contributed by atoms with Gasteiger partial charge in [-0.15, -0.1) is 0 Å². The second-order valence-corrected chi connectivity index (χ2v) is 6.38. The molecule has 0 bridgehead atoms. The molecule has 1 aromatic carbocycles. The maximum Gasteiger partial charge on any atom is 0.296 e. The lowest BCUT2D eigenvalue weighted by Gasteiger charge is -2.33.